The lowest BCUT2D eigenvalue weighted by Crippen LogP contribution is -2.42. The molecular weight excluding hydrogens is 499 g/mol. The molecule has 170 valence electrons. The van der Waals surface area contributed by atoms with Crippen LogP contribution in [0.5, 0.6) is 0 Å². The molecule has 2 aromatic carbocycles. The molecule has 0 aliphatic heterocycles. The van der Waals surface area contributed by atoms with Crippen molar-refractivity contribution in [2.75, 3.05) is 13.1 Å². The van der Waals surface area contributed by atoms with E-state index in [1.807, 2.05) is 6.92 Å². The highest BCUT2D eigenvalue weighted by atomic mass is 79.9. The Morgan fingerprint density at radius 1 is 1.03 bits per heavy atom. The monoisotopic (exact) mass is 522 g/mol. The average molecular weight is 523 g/mol. The van der Waals surface area contributed by atoms with Crippen LogP contribution in [-0.2, 0) is 27.9 Å². The quantitative estimate of drug-likeness (QED) is 0.383. The Morgan fingerprint density at radius 2 is 1.72 bits per heavy atom. The van der Waals surface area contributed by atoms with Gasteiger partial charge in [0.2, 0.25) is 15.9 Å². The van der Waals surface area contributed by atoms with Gasteiger partial charge in [-0.2, -0.15) is 4.31 Å². The second-order valence-electron chi connectivity index (χ2n) is 7.25. The molecule has 0 bridgehead atoms. The first-order valence-electron chi connectivity index (χ1n) is 10.1. The maximum atomic E-state index is 13.3. The van der Waals surface area contributed by atoms with Crippen molar-refractivity contribution in [3.63, 3.8) is 0 Å². The minimum absolute atomic E-state index is 0.123. The number of hydrogen-bond acceptors (Lipinski definition) is 4. The molecule has 3 rings (SSSR count). The molecule has 0 unspecified atom stereocenters. The molecule has 0 aliphatic carbocycles. The van der Waals surface area contributed by atoms with E-state index in [0.717, 1.165) is 10.0 Å². The molecule has 0 radical (unpaired) electrons. The molecule has 0 spiro atoms. The normalized spacial score (nSPS) is 11.6. The van der Waals surface area contributed by atoms with Crippen molar-refractivity contribution in [1.29, 1.82) is 0 Å². The van der Waals surface area contributed by atoms with E-state index in [9.17, 15) is 17.6 Å². The van der Waals surface area contributed by atoms with Gasteiger partial charge in [0.25, 0.3) is 0 Å². The summed E-state index contributed by atoms with van der Waals surface area (Å²) in [5.74, 6) is -0.175. The molecule has 9 heteroatoms. The molecule has 0 atom stereocenters. The lowest BCUT2D eigenvalue weighted by atomic mass is 10.2. The molecule has 1 aromatic heterocycles. The minimum atomic E-state index is -3.86. The van der Waals surface area contributed by atoms with Gasteiger partial charge in [-0.3, -0.25) is 4.79 Å². The summed E-state index contributed by atoms with van der Waals surface area (Å²) in [6.45, 7) is 2.11. The molecule has 1 heterocycles. The van der Waals surface area contributed by atoms with Crippen LogP contribution in [0.15, 0.2) is 80.7 Å². The molecule has 0 aliphatic rings. The molecule has 6 nitrogen and oxygen atoms in total. The van der Waals surface area contributed by atoms with Crippen LogP contribution >= 0.6 is 15.9 Å². The second-order valence-corrected chi connectivity index (χ2v) is 10.1. The fourth-order valence-electron chi connectivity index (χ4n) is 3.17. The van der Waals surface area contributed by atoms with Gasteiger partial charge in [-0.05, 0) is 60.5 Å². The number of halogens is 2. The third kappa shape index (κ3) is 6.27. The largest absolute Gasteiger partial charge is 0.467 e. The molecule has 1 amide bonds. The molecule has 0 saturated carbocycles. The Labute approximate surface area is 195 Å². The van der Waals surface area contributed by atoms with Crippen LogP contribution in [0.1, 0.15) is 24.7 Å². The van der Waals surface area contributed by atoms with Crippen molar-refractivity contribution in [1.82, 2.24) is 9.21 Å². The van der Waals surface area contributed by atoms with Gasteiger partial charge in [0, 0.05) is 17.6 Å². The smallest absolute Gasteiger partial charge is 0.243 e. The summed E-state index contributed by atoms with van der Waals surface area (Å²) < 4.78 is 47.0. The minimum Gasteiger partial charge on any atom is -0.467 e. The van der Waals surface area contributed by atoms with Gasteiger partial charge in [0.15, 0.2) is 0 Å². The van der Waals surface area contributed by atoms with Crippen molar-refractivity contribution in [2.45, 2.75) is 31.3 Å². The Hall–Kier alpha value is -2.49. The summed E-state index contributed by atoms with van der Waals surface area (Å²) in [5.41, 5.74) is 0.726. The van der Waals surface area contributed by atoms with Crippen LogP contribution in [-0.4, -0.2) is 36.6 Å². The fourth-order valence-corrected chi connectivity index (χ4v) is 4.92. The molecule has 32 heavy (non-hydrogen) atoms. The number of carbonyl (C=O) groups is 1. The van der Waals surface area contributed by atoms with Gasteiger partial charge in [-0.25, -0.2) is 12.8 Å². The zero-order valence-corrected chi connectivity index (χ0v) is 20.0. The van der Waals surface area contributed by atoms with Gasteiger partial charge in [0.05, 0.1) is 24.2 Å². The second kappa shape index (κ2) is 10.9. The van der Waals surface area contributed by atoms with Crippen LogP contribution in [0.4, 0.5) is 4.39 Å². The lowest BCUT2D eigenvalue weighted by Gasteiger charge is -2.27. The summed E-state index contributed by atoms with van der Waals surface area (Å²) in [6, 6.07) is 15.6. The topological polar surface area (TPSA) is 70.8 Å². The van der Waals surface area contributed by atoms with E-state index < -0.39 is 10.0 Å². The Bertz CT molecular complexity index is 1120. The number of amides is 1. The van der Waals surface area contributed by atoms with E-state index >= 15 is 0 Å². The highest BCUT2D eigenvalue weighted by Crippen LogP contribution is 2.20. The summed E-state index contributed by atoms with van der Waals surface area (Å²) >= 11 is 3.30. The third-order valence-electron chi connectivity index (χ3n) is 4.80. The van der Waals surface area contributed by atoms with Crippen LogP contribution in [0.25, 0.3) is 0 Å². The maximum absolute atomic E-state index is 13.3. The van der Waals surface area contributed by atoms with E-state index in [0.29, 0.717) is 12.2 Å². The molecule has 0 N–H and O–H groups in total. The summed E-state index contributed by atoms with van der Waals surface area (Å²) in [5, 5.41) is 0. The fraction of sp³-hybridized carbons (Fsp3) is 0.261. The van der Waals surface area contributed by atoms with Crippen molar-refractivity contribution < 1.29 is 22.0 Å². The van der Waals surface area contributed by atoms with Crippen molar-refractivity contribution in [3.8, 4) is 0 Å². The van der Waals surface area contributed by atoms with E-state index in [1.165, 1.54) is 39.7 Å². The van der Waals surface area contributed by atoms with Gasteiger partial charge in [-0.1, -0.05) is 35.0 Å². The standard InChI is InChI=1S/C23H24BrFN2O4S/c1-2-13-27(32(29,30)22-11-7-19(24)8-12-22)17-23(28)26(16-21-4-3-14-31-21)15-18-5-9-20(25)10-6-18/h3-12,14H,2,13,15-17H2,1H3. The Balaban J connectivity index is 1.83. The highest BCUT2D eigenvalue weighted by Gasteiger charge is 2.28. The van der Waals surface area contributed by atoms with Crippen molar-refractivity contribution >= 4 is 31.9 Å². The van der Waals surface area contributed by atoms with E-state index in [-0.39, 0.29) is 42.8 Å². The lowest BCUT2D eigenvalue weighted by molar-refractivity contribution is -0.133. The SMILES string of the molecule is CCCN(CC(=O)N(Cc1ccc(F)cc1)Cc1ccco1)S(=O)(=O)c1ccc(Br)cc1. The number of furan rings is 1. The highest BCUT2D eigenvalue weighted by molar-refractivity contribution is 9.10. The average Bonchev–Trinajstić information content (AvgIpc) is 3.28. The third-order valence-corrected chi connectivity index (χ3v) is 7.19. The first-order chi connectivity index (χ1) is 15.3. The van der Waals surface area contributed by atoms with Crippen molar-refractivity contribution in [2.24, 2.45) is 0 Å². The van der Waals surface area contributed by atoms with Crippen molar-refractivity contribution in [3.05, 3.63) is 88.5 Å². The van der Waals surface area contributed by atoms with Gasteiger partial charge >= 0.3 is 0 Å². The van der Waals surface area contributed by atoms with Crippen LogP contribution in [0.2, 0.25) is 0 Å². The number of nitrogens with zero attached hydrogens (tertiary/aromatic N) is 2. The van der Waals surface area contributed by atoms with Crippen LogP contribution < -0.4 is 0 Å². The van der Waals surface area contributed by atoms with Crippen LogP contribution in [0, 0.1) is 5.82 Å². The number of sulfonamides is 1. The van der Waals surface area contributed by atoms with Gasteiger partial charge in [-0.15, -0.1) is 0 Å². The van der Waals surface area contributed by atoms with Gasteiger partial charge < -0.3 is 9.32 Å². The summed E-state index contributed by atoms with van der Waals surface area (Å²) in [7, 11) is -3.86. The van der Waals surface area contributed by atoms with E-state index in [4.69, 9.17) is 4.42 Å². The Kier molecular flexibility index (Phi) is 8.22. The predicted octanol–water partition coefficient (Wildman–Crippen LogP) is 4.81. The predicted molar refractivity (Wildman–Crippen MR) is 123 cm³/mol. The number of rotatable bonds is 10. The number of hydrogen-bond donors (Lipinski definition) is 0. The molecule has 0 fully saturated rings. The number of benzene rings is 2. The number of carbonyl (C=O) groups excluding carboxylic acids is 1. The zero-order valence-electron chi connectivity index (χ0n) is 17.6. The van der Waals surface area contributed by atoms with E-state index in [1.54, 1.807) is 36.4 Å². The first kappa shape index (κ1) is 24.2. The molecular formula is C23H24BrFN2O4S. The maximum Gasteiger partial charge on any atom is 0.243 e. The Morgan fingerprint density at radius 3 is 2.31 bits per heavy atom. The van der Waals surface area contributed by atoms with Gasteiger partial charge in [0.1, 0.15) is 11.6 Å². The summed E-state index contributed by atoms with van der Waals surface area (Å²) in [4.78, 5) is 14.9. The van der Waals surface area contributed by atoms with E-state index in [2.05, 4.69) is 15.9 Å². The summed E-state index contributed by atoms with van der Waals surface area (Å²) in [6.07, 6.45) is 2.07. The molecule has 0 saturated heterocycles. The van der Waals surface area contributed by atoms with Crippen LogP contribution in [0.3, 0.4) is 0 Å². The zero-order chi connectivity index (χ0) is 23.1. The molecule has 3 aromatic rings. The first-order valence-corrected chi connectivity index (χ1v) is 12.3.